The summed E-state index contributed by atoms with van der Waals surface area (Å²) >= 11 is 0. The van der Waals surface area contributed by atoms with Crippen LogP contribution in [0.3, 0.4) is 0 Å². The molecule has 0 spiro atoms. The monoisotopic (exact) mass is 290 g/mol. The first-order chi connectivity index (χ1) is 10.2. The predicted molar refractivity (Wildman–Crippen MR) is 85.8 cm³/mol. The minimum atomic E-state index is 0.212. The van der Waals surface area contributed by atoms with Gasteiger partial charge in [-0.2, -0.15) is 0 Å². The van der Waals surface area contributed by atoms with E-state index in [0.717, 1.165) is 30.9 Å². The summed E-state index contributed by atoms with van der Waals surface area (Å²) in [6, 6.07) is 7.72. The van der Waals surface area contributed by atoms with Gasteiger partial charge in [0.1, 0.15) is 5.75 Å². The number of carbonyl (C=O) groups is 1. The average Bonchev–Trinajstić information content (AvgIpc) is 2.55. The number of carbonyl (C=O) groups excluding carboxylic acids is 1. The maximum Gasteiger partial charge on any atom is 0.226 e. The van der Waals surface area contributed by atoms with E-state index in [1.54, 1.807) is 7.11 Å². The molecule has 1 saturated heterocycles. The zero-order valence-electron chi connectivity index (χ0n) is 13.1. The van der Waals surface area contributed by atoms with Gasteiger partial charge in [-0.15, -0.1) is 0 Å². The number of rotatable bonds is 6. The fraction of sp³-hybridized carbons (Fsp3) is 0.588. The van der Waals surface area contributed by atoms with Crippen molar-refractivity contribution in [2.24, 2.45) is 5.92 Å². The summed E-state index contributed by atoms with van der Waals surface area (Å²) in [7, 11) is 1.65. The average molecular weight is 290 g/mol. The molecule has 0 saturated carbocycles. The van der Waals surface area contributed by atoms with Crippen LogP contribution < -0.4 is 15.0 Å². The van der Waals surface area contributed by atoms with Crippen molar-refractivity contribution >= 4 is 11.6 Å². The normalized spacial score (nSPS) is 15.7. The number of hydrogen-bond donors (Lipinski definition) is 1. The molecular formula is C17H26N2O2. The van der Waals surface area contributed by atoms with Gasteiger partial charge in [-0.3, -0.25) is 4.79 Å². The van der Waals surface area contributed by atoms with Crippen molar-refractivity contribution in [2.45, 2.75) is 32.6 Å². The van der Waals surface area contributed by atoms with Crippen molar-refractivity contribution < 1.29 is 9.53 Å². The Labute approximate surface area is 127 Å². The molecule has 0 atom stereocenters. The molecule has 116 valence electrons. The first kappa shape index (κ1) is 15.8. The van der Waals surface area contributed by atoms with E-state index < -0.39 is 0 Å². The molecule has 0 bridgehead atoms. The highest BCUT2D eigenvalue weighted by atomic mass is 16.5. The zero-order valence-corrected chi connectivity index (χ0v) is 13.1. The third kappa shape index (κ3) is 4.46. The van der Waals surface area contributed by atoms with Crippen LogP contribution in [0.15, 0.2) is 24.3 Å². The van der Waals surface area contributed by atoms with Crippen LogP contribution in [0.25, 0.3) is 0 Å². The molecule has 0 unspecified atom stereocenters. The summed E-state index contributed by atoms with van der Waals surface area (Å²) in [5.74, 6) is 1.70. The highest BCUT2D eigenvalue weighted by Gasteiger charge is 2.18. The second-order valence-electron chi connectivity index (χ2n) is 5.57. The first-order valence-corrected chi connectivity index (χ1v) is 7.89. The van der Waals surface area contributed by atoms with Crippen LogP contribution in [0.2, 0.25) is 0 Å². The largest absolute Gasteiger partial charge is 0.497 e. The highest BCUT2D eigenvalue weighted by molar-refractivity contribution is 5.93. The first-order valence-electron chi connectivity index (χ1n) is 7.89. The van der Waals surface area contributed by atoms with Crippen molar-refractivity contribution in [3.63, 3.8) is 0 Å². The van der Waals surface area contributed by atoms with E-state index in [0.29, 0.717) is 18.9 Å². The Morgan fingerprint density at radius 1 is 1.38 bits per heavy atom. The number of anilines is 1. The van der Waals surface area contributed by atoms with Gasteiger partial charge in [0.05, 0.1) is 7.11 Å². The summed E-state index contributed by atoms with van der Waals surface area (Å²) < 4.78 is 5.24. The van der Waals surface area contributed by atoms with Gasteiger partial charge in [-0.05, 0) is 57.3 Å². The molecule has 0 radical (unpaired) electrons. The number of ether oxygens (including phenoxy) is 1. The van der Waals surface area contributed by atoms with Crippen molar-refractivity contribution in [1.82, 2.24) is 5.32 Å². The van der Waals surface area contributed by atoms with Gasteiger partial charge in [0.2, 0.25) is 5.91 Å². The Balaban J connectivity index is 1.94. The van der Waals surface area contributed by atoms with Crippen molar-refractivity contribution in [1.29, 1.82) is 0 Å². The van der Waals surface area contributed by atoms with Gasteiger partial charge in [0.25, 0.3) is 0 Å². The lowest BCUT2D eigenvalue weighted by Crippen LogP contribution is -2.32. The molecule has 1 aromatic rings. The minimum Gasteiger partial charge on any atom is -0.497 e. The number of benzene rings is 1. The molecule has 1 amide bonds. The number of amides is 1. The molecule has 1 aliphatic heterocycles. The fourth-order valence-corrected chi connectivity index (χ4v) is 2.91. The maximum absolute atomic E-state index is 12.5. The summed E-state index contributed by atoms with van der Waals surface area (Å²) in [5, 5.41) is 3.37. The molecule has 1 N–H and O–H groups in total. The Hall–Kier alpha value is -1.55. The SMILES string of the molecule is CCN(C(=O)CCC1CCNCC1)c1cccc(OC)c1. The van der Waals surface area contributed by atoms with Gasteiger partial charge in [0, 0.05) is 24.7 Å². The predicted octanol–water partition coefficient (Wildman–Crippen LogP) is 2.83. The van der Waals surface area contributed by atoms with Crippen LogP contribution in [0.1, 0.15) is 32.6 Å². The molecule has 1 aliphatic rings. The van der Waals surface area contributed by atoms with Crippen LogP contribution in [0, 0.1) is 5.92 Å². The van der Waals surface area contributed by atoms with Gasteiger partial charge in [-0.25, -0.2) is 0 Å². The Bertz CT molecular complexity index is 456. The molecule has 0 aromatic heterocycles. The van der Waals surface area contributed by atoms with Crippen molar-refractivity contribution in [2.75, 3.05) is 31.6 Å². The molecule has 1 aromatic carbocycles. The number of nitrogens with zero attached hydrogens (tertiary/aromatic N) is 1. The second-order valence-corrected chi connectivity index (χ2v) is 5.57. The van der Waals surface area contributed by atoms with Crippen LogP contribution in [-0.2, 0) is 4.79 Å². The smallest absolute Gasteiger partial charge is 0.226 e. The third-order valence-electron chi connectivity index (χ3n) is 4.21. The Morgan fingerprint density at radius 3 is 2.81 bits per heavy atom. The quantitative estimate of drug-likeness (QED) is 0.876. The number of piperidine rings is 1. The second kappa shape index (κ2) is 8.03. The molecule has 4 heteroatoms. The lowest BCUT2D eigenvalue weighted by Gasteiger charge is -2.25. The van der Waals surface area contributed by atoms with E-state index in [4.69, 9.17) is 4.74 Å². The van der Waals surface area contributed by atoms with Crippen LogP contribution in [0.4, 0.5) is 5.69 Å². The van der Waals surface area contributed by atoms with Crippen LogP contribution >= 0.6 is 0 Å². The lowest BCUT2D eigenvalue weighted by atomic mass is 9.93. The summed E-state index contributed by atoms with van der Waals surface area (Å²) in [5.41, 5.74) is 0.923. The van der Waals surface area contributed by atoms with E-state index in [-0.39, 0.29) is 5.91 Å². The zero-order chi connectivity index (χ0) is 15.1. The molecule has 2 rings (SSSR count). The molecule has 1 fully saturated rings. The molecular weight excluding hydrogens is 264 g/mol. The maximum atomic E-state index is 12.5. The minimum absolute atomic E-state index is 0.212. The number of nitrogens with one attached hydrogen (secondary N) is 1. The van der Waals surface area contributed by atoms with E-state index in [2.05, 4.69) is 5.32 Å². The summed E-state index contributed by atoms with van der Waals surface area (Å²) in [4.78, 5) is 14.3. The van der Waals surface area contributed by atoms with Crippen molar-refractivity contribution in [3.8, 4) is 5.75 Å². The third-order valence-corrected chi connectivity index (χ3v) is 4.21. The number of methoxy groups -OCH3 is 1. The molecule has 1 heterocycles. The van der Waals surface area contributed by atoms with Gasteiger partial charge >= 0.3 is 0 Å². The van der Waals surface area contributed by atoms with Crippen LogP contribution in [-0.4, -0.2) is 32.7 Å². The Morgan fingerprint density at radius 2 is 2.14 bits per heavy atom. The topological polar surface area (TPSA) is 41.6 Å². The number of hydrogen-bond acceptors (Lipinski definition) is 3. The molecule has 0 aliphatic carbocycles. The van der Waals surface area contributed by atoms with Gasteiger partial charge < -0.3 is 15.0 Å². The van der Waals surface area contributed by atoms with Gasteiger partial charge in [0.15, 0.2) is 0 Å². The van der Waals surface area contributed by atoms with E-state index in [1.807, 2.05) is 36.1 Å². The van der Waals surface area contributed by atoms with Gasteiger partial charge in [-0.1, -0.05) is 6.07 Å². The Kier molecular flexibility index (Phi) is 6.05. The summed E-state index contributed by atoms with van der Waals surface area (Å²) in [6.07, 6.45) is 4.02. The van der Waals surface area contributed by atoms with Crippen molar-refractivity contribution in [3.05, 3.63) is 24.3 Å². The van der Waals surface area contributed by atoms with E-state index >= 15 is 0 Å². The lowest BCUT2D eigenvalue weighted by molar-refractivity contribution is -0.118. The fourth-order valence-electron chi connectivity index (χ4n) is 2.91. The molecule has 21 heavy (non-hydrogen) atoms. The molecule has 4 nitrogen and oxygen atoms in total. The van der Waals surface area contributed by atoms with Crippen LogP contribution in [0.5, 0.6) is 5.75 Å². The standard InChI is InChI=1S/C17H26N2O2/c1-3-19(15-5-4-6-16(13-15)21-2)17(20)8-7-14-9-11-18-12-10-14/h4-6,13-14,18H,3,7-12H2,1-2H3. The van der Waals surface area contributed by atoms with E-state index in [1.165, 1.54) is 12.8 Å². The van der Waals surface area contributed by atoms with E-state index in [9.17, 15) is 4.79 Å². The summed E-state index contributed by atoms with van der Waals surface area (Å²) in [6.45, 7) is 4.89. The highest BCUT2D eigenvalue weighted by Crippen LogP contribution is 2.23.